The Morgan fingerprint density at radius 3 is 2.62 bits per heavy atom. The van der Waals surface area contributed by atoms with Crippen LogP contribution in [0.4, 0.5) is 5.69 Å². The van der Waals surface area contributed by atoms with Gasteiger partial charge in [-0.15, -0.1) is 0 Å². The Balaban J connectivity index is 1.90. The lowest BCUT2D eigenvalue weighted by atomic mass is 10.1. The quantitative estimate of drug-likeness (QED) is 0.774. The average molecular weight is 278 g/mol. The highest BCUT2D eigenvalue weighted by molar-refractivity contribution is 6.04. The Morgan fingerprint density at radius 1 is 1.00 bits per heavy atom. The van der Waals surface area contributed by atoms with Gasteiger partial charge >= 0.3 is 0 Å². The average Bonchev–Trinajstić information content (AvgIpc) is 2.55. The molecule has 0 saturated heterocycles. The second kappa shape index (κ2) is 5.73. The molecule has 0 aliphatic rings. The summed E-state index contributed by atoms with van der Waals surface area (Å²) in [4.78, 5) is 16.6. The topological polar surface area (TPSA) is 62.2 Å². The van der Waals surface area contributed by atoms with E-state index in [0.717, 1.165) is 10.9 Å². The number of hydrogen-bond acceptors (Lipinski definition) is 3. The molecule has 4 heteroatoms. The molecule has 1 heterocycles. The largest absolute Gasteiger partial charge is 0.392 e. The van der Waals surface area contributed by atoms with Crippen LogP contribution in [0, 0.1) is 0 Å². The highest BCUT2D eigenvalue weighted by Crippen LogP contribution is 2.17. The summed E-state index contributed by atoms with van der Waals surface area (Å²) in [5, 5.41) is 13.0. The molecule has 3 rings (SSSR count). The third kappa shape index (κ3) is 2.75. The number of nitrogens with zero attached hydrogens (tertiary/aromatic N) is 1. The van der Waals surface area contributed by atoms with Crippen LogP contribution in [0.1, 0.15) is 16.1 Å². The fourth-order valence-corrected chi connectivity index (χ4v) is 2.16. The maximum absolute atomic E-state index is 12.3. The highest BCUT2D eigenvalue weighted by Gasteiger charge is 2.10. The number of nitrogens with one attached hydrogen (secondary N) is 1. The number of carbonyl (C=O) groups excluding carboxylic acids is 1. The van der Waals surface area contributed by atoms with Crippen molar-refractivity contribution in [2.45, 2.75) is 6.61 Å². The van der Waals surface area contributed by atoms with Gasteiger partial charge in [-0.05, 0) is 18.2 Å². The molecule has 0 radical (unpaired) electrons. The zero-order chi connectivity index (χ0) is 14.7. The van der Waals surface area contributed by atoms with E-state index in [1.165, 1.54) is 0 Å². The van der Waals surface area contributed by atoms with Gasteiger partial charge in [0.05, 0.1) is 12.1 Å². The number of amides is 1. The van der Waals surface area contributed by atoms with Crippen LogP contribution in [0.5, 0.6) is 0 Å². The molecule has 3 aromatic rings. The van der Waals surface area contributed by atoms with Crippen molar-refractivity contribution in [2.75, 3.05) is 5.32 Å². The van der Waals surface area contributed by atoms with Gasteiger partial charge in [0.2, 0.25) is 0 Å². The van der Waals surface area contributed by atoms with E-state index < -0.39 is 0 Å². The number of fused-ring (bicyclic) bond motifs is 1. The van der Waals surface area contributed by atoms with Crippen molar-refractivity contribution in [1.82, 2.24) is 4.98 Å². The van der Waals surface area contributed by atoms with E-state index >= 15 is 0 Å². The fourth-order valence-electron chi connectivity index (χ4n) is 2.16. The molecule has 4 nitrogen and oxygen atoms in total. The molecule has 1 aromatic heterocycles. The second-order valence-corrected chi connectivity index (χ2v) is 4.66. The van der Waals surface area contributed by atoms with Crippen LogP contribution in [-0.4, -0.2) is 16.0 Å². The molecule has 0 unspecified atom stereocenters. The van der Waals surface area contributed by atoms with Crippen molar-refractivity contribution >= 4 is 22.5 Å². The van der Waals surface area contributed by atoms with Gasteiger partial charge < -0.3 is 10.4 Å². The lowest BCUT2D eigenvalue weighted by Crippen LogP contribution is -2.14. The third-order valence-corrected chi connectivity index (χ3v) is 3.27. The van der Waals surface area contributed by atoms with Gasteiger partial charge in [-0.25, -0.2) is 4.98 Å². The van der Waals surface area contributed by atoms with Crippen molar-refractivity contribution in [1.29, 1.82) is 0 Å². The molecule has 1 amide bonds. The molecule has 0 spiro atoms. The molecule has 2 N–H and O–H groups in total. The number of aliphatic hydroxyl groups excluding tert-OH is 1. The normalized spacial score (nSPS) is 10.5. The van der Waals surface area contributed by atoms with Crippen molar-refractivity contribution in [2.24, 2.45) is 0 Å². The monoisotopic (exact) mass is 278 g/mol. The smallest absolute Gasteiger partial charge is 0.274 e. The fraction of sp³-hybridized carbons (Fsp3) is 0.0588. The zero-order valence-corrected chi connectivity index (χ0v) is 11.3. The molecule has 0 bridgehead atoms. The molecular weight excluding hydrogens is 264 g/mol. The first-order valence-corrected chi connectivity index (χ1v) is 6.64. The third-order valence-electron chi connectivity index (χ3n) is 3.27. The number of anilines is 1. The van der Waals surface area contributed by atoms with Gasteiger partial charge in [-0.1, -0.05) is 42.5 Å². The summed E-state index contributed by atoms with van der Waals surface area (Å²) in [6.45, 7) is -0.123. The Labute approximate surface area is 122 Å². The Kier molecular flexibility index (Phi) is 3.62. The molecule has 0 saturated carbocycles. The lowest BCUT2D eigenvalue weighted by Gasteiger charge is -2.09. The summed E-state index contributed by atoms with van der Waals surface area (Å²) < 4.78 is 0. The molecule has 104 valence electrons. The predicted molar refractivity (Wildman–Crippen MR) is 82.1 cm³/mol. The SMILES string of the molecule is O=C(Nc1ccccc1CO)c1ccc2ccccc2n1. The summed E-state index contributed by atoms with van der Waals surface area (Å²) >= 11 is 0. The van der Waals surface area contributed by atoms with Gasteiger partial charge in [0, 0.05) is 16.6 Å². The van der Waals surface area contributed by atoms with E-state index in [2.05, 4.69) is 10.3 Å². The first-order chi connectivity index (χ1) is 10.3. The van der Waals surface area contributed by atoms with Crippen LogP contribution in [0.3, 0.4) is 0 Å². The summed E-state index contributed by atoms with van der Waals surface area (Å²) in [5.74, 6) is -0.290. The number of pyridine rings is 1. The van der Waals surface area contributed by atoms with E-state index in [0.29, 0.717) is 16.9 Å². The summed E-state index contributed by atoms with van der Waals surface area (Å²) in [6, 6.07) is 18.3. The maximum atomic E-state index is 12.3. The molecule has 2 aromatic carbocycles. The van der Waals surface area contributed by atoms with E-state index in [1.54, 1.807) is 18.2 Å². The number of benzene rings is 2. The predicted octanol–water partition coefficient (Wildman–Crippen LogP) is 2.98. The Bertz CT molecular complexity index is 799. The molecule has 0 atom stereocenters. The molecular formula is C17H14N2O2. The first kappa shape index (κ1) is 13.3. The zero-order valence-electron chi connectivity index (χ0n) is 11.3. The second-order valence-electron chi connectivity index (χ2n) is 4.66. The van der Waals surface area contributed by atoms with Gasteiger partial charge in [0.1, 0.15) is 5.69 Å². The number of aromatic nitrogens is 1. The van der Waals surface area contributed by atoms with Gasteiger partial charge in [-0.2, -0.15) is 0 Å². The van der Waals surface area contributed by atoms with Crippen LogP contribution in [-0.2, 0) is 6.61 Å². The number of aliphatic hydroxyl groups is 1. The van der Waals surface area contributed by atoms with E-state index in [1.807, 2.05) is 42.5 Å². The van der Waals surface area contributed by atoms with Crippen LogP contribution in [0.2, 0.25) is 0 Å². The standard InChI is InChI=1S/C17H14N2O2/c20-11-13-6-2-4-8-15(13)19-17(21)16-10-9-12-5-1-3-7-14(12)18-16/h1-10,20H,11H2,(H,19,21). The lowest BCUT2D eigenvalue weighted by molar-refractivity contribution is 0.102. The molecule has 0 aliphatic heterocycles. The van der Waals surface area contributed by atoms with Crippen LogP contribution in [0.25, 0.3) is 10.9 Å². The first-order valence-electron chi connectivity index (χ1n) is 6.64. The van der Waals surface area contributed by atoms with Crippen molar-refractivity contribution in [3.63, 3.8) is 0 Å². The van der Waals surface area contributed by atoms with Crippen LogP contribution < -0.4 is 5.32 Å². The van der Waals surface area contributed by atoms with Crippen molar-refractivity contribution in [3.05, 3.63) is 71.9 Å². The minimum Gasteiger partial charge on any atom is -0.392 e. The number of rotatable bonds is 3. The van der Waals surface area contributed by atoms with Crippen molar-refractivity contribution < 1.29 is 9.90 Å². The highest BCUT2D eigenvalue weighted by atomic mass is 16.3. The molecule has 0 aliphatic carbocycles. The molecule has 21 heavy (non-hydrogen) atoms. The minimum absolute atomic E-state index is 0.123. The van der Waals surface area contributed by atoms with E-state index in [-0.39, 0.29) is 12.5 Å². The van der Waals surface area contributed by atoms with Gasteiger partial charge in [0.25, 0.3) is 5.91 Å². The summed E-state index contributed by atoms with van der Waals surface area (Å²) in [6.07, 6.45) is 0. The number of hydrogen-bond donors (Lipinski definition) is 2. The summed E-state index contributed by atoms with van der Waals surface area (Å²) in [5.41, 5.74) is 2.40. The van der Waals surface area contributed by atoms with E-state index in [9.17, 15) is 9.90 Å². The number of carbonyl (C=O) groups is 1. The maximum Gasteiger partial charge on any atom is 0.274 e. The van der Waals surface area contributed by atoms with Crippen LogP contribution in [0.15, 0.2) is 60.7 Å². The van der Waals surface area contributed by atoms with Crippen LogP contribution >= 0.6 is 0 Å². The van der Waals surface area contributed by atoms with Gasteiger partial charge in [0.15, 0.2) is 0 Å². The van der Waals surface area contributed by atoms with Gasteiger partial charge in [-0.3, -0.25) is 4.79 Å². The Morgan fingerprint density at radius 2 is 1.76 bits per heavy atom. The summed E-state index contributed by atoms with van der Waals surface area (Å²) in [7, 11) is 0. The number of para-hydroxylation sites is 2. The van der Waals surface area contributed by atoms with Crippen molar-refractivity contribution in [3.8, 4) is 0 Å². The molecule has 0 fully saturated rings. The minimum atomic E-state index is -0.290. The Hall–Kier alpha value is -2.72. The van der Waals surface area contributed by atoms with E-state index in [4.69, 9.17) is 0 Å².